The number of benzene rings is 1. The molecular weight excluding hydrogens is 392 g/mol. The summed E-state index contributed by atoms with van der Waals surface area (Å²) in [5.74, 6) is -2.54. The van der Waals surface area contributed by atoms with Crippen LogP contribution in [0, 0.1) is 6.92 Å². The lowest BCUT2D eigenvalue weighted by atomic mass is 10.1. The fraction of sp³-hybridized carbons (Fsp3) is 0.286. The van der Waals surface area contributed by atoms with Gasteiger partial charge in [-0.2, -0.15) is 26.3 Å². The van der Waals surface area contributed by atoms with Crippen molar-refractivity contribution in [1.82, 2.24) is 10.5 Å². The first kappa shape index (κ1) is 19.9. The average Bonchev–Trinajstić information content (AvgIpc) is 2.89. The number of carbonyl (C=O) groups is 1. The summed E-state index contributed by atoms with van der Waals surface area (Å²) >= 11 is 5.61. The summed E-state index contributed by atoms with van der Waals surface area (Å²) < 4.78 is 85.1. The maximum absolute atomic E-state index is 13.4. The molecule has 2 aromatic rings. The van der Waals surface area contributed by atoms with Gasteiger partial charge in [0, 0.05) is 16.7 Å². The van der Waals surface area contributed by atoms with Crippen molar-refractivity contribution in [3.8, 4) is 0 Å². The molecule has 0 fully saturated rings. The molecule has 0 radical (unpaired) electrons. The van der Waals surface area contributed by atoms with Gasteiger partial charge in [-0.1, -0.05) is 22.8 Å². The van der Waals surface area contributed by atoms with Crippen LogP contribution in [0.1, 0.15) is 16.1 Å². The summed E-state index contributed by atoms with van der Waals surface area (Å²) in [6.07, 6.45) is -11.9. The molecule has 1 aromatic heterocycles. The van der Waals surface area contributed by atoms with Crippen LogP contribution < -0.4 is 10.6 Å². The van der Waals surface area contributed by atoms with E-state index in [0.29, 0.717) is 0 Å². The largest absolute Gasteiger partial charge is 0.439 e. The molecule has 12 heteroatoms. The van der Waals surface area contributed by atoms with Crippen LogP contribution in [-0.2, 0) is 0 Å². The minimum Gasteiger partial charge on any atom is -0.360 e. The smallest absolute Gasteiger partial charge is 0.360 e. The van der Waals surface area contributed by atoms with Crippen LogP contribution >= 0.6 is 11.6 Å². The second kappa shape index (κ2) is 6.71. The lowest BCUT2D eigenvalue weighted by Gasteiger charge is -2.38. The van der Waals surface area contributed by atoms with Gasteiger partial charge in [0.15, 0.2) is 5.82 Å². The molecule has 0 spiro atoms. The normalized spacial score (nSPS) is 12.8. The Balaban J connectivity index is 2.50. The van der Waals surface area contributed by atoms with Crippen molar-refractivity contribution in [2.24, 2.45) is 0 Å². The van der Waals surface area contributed by atoms with Crippen molar-refractivity contribution in [1.29, 1.82) is 0 Å². The van der Waals surface area contributed by atoms with E-state index in [4.69, 9.17) is 11.6 Å². The van der Waals surface area contributed by atoms with Crippen molar-refractivity contribution in [3.63, 3.8) is 0 Å². The van der Waals surface area contributed by atoms with Crippen molar-refractivity contribution in [3.05, 3.63) is 46.7 Å². The quantitative estimate of drug-likeness (QED) is 0.592. The highest BCUT2D eigenvalue weighted by Gasteiger charge is 2.73. The number of anilines is 1. The molecule has 0 unspecified atom stereocenters. The van der Waals surface area contributed by atoms with Crippen molar-refractivity contribution >= 4 is 23.3 Å². The highest BCUT2D eigenvalue weighted by atomic mass is 35.5. The number of nitrogens with zero attached hydrogens (tertiary/aromatic N) is 1. The van der Waals surface area contributed by atoms with Crippen molar-refractivity contribution < 1.29 is 35.7 Å². The molecule has 0 aliphatic rings. The Labute approximate surface area is 147 Å². The van der Waals surface area contributed by atoms with Gasteiger partial charge in [-0.15, -0.1) is 0 Å². The van der Waals surface area contributed by atoms with E-state index >= 15 is 0 Å². The average molecular weight is 402 g/mol. The summed E-state index contributed by atoms with van der Waals surface area (Å²) in [6.45, 7) is 1.27. The SMILES string of the molecule is Cc1cc(NC(NC(=O)c2cccc(Cl)c2)(C(F)(F)F)C(F)(F)F)no1. The minimum atomic E-state index is -5.97. The Morgan fingerprint density at radius 1 is 1.12 bits per heavy atom. The number of rotatable bonds is 4. The van der Waals surface area contributed by atoms with E-state index in [0.717, 1.165) is 23.5 Å². The molecule has 2 N–H and O–H groups in total. The Morgan fingerprint density at radius 2 is 1.73 bits per heavy atom. The fourth-order valence-corrected chi connectivity index (χ4v) is 2.16. The summed E-state index contributed by atoms with van der Waals surface area (Å²) in [4.78, 5) is 12.0. The fourth-order valence-electron chi connectivity index (χ4n) is 1.97. The zero-order valence-corrected chi connectivity index (χ0v) is 13.6. The van der Waals surface area contributed by atoms with Gasteiger partial charge < -0.3 is 15.2 Å². The summed E-state index contributed by atoms with van der Waals surface area (Å²) in [5.41, 5.74) is -5.29. The topological polar surface area (TPSA) is 67.2 Å². The van der Waals surface area contributed by atoms with Gasteiger partial charge in [0.1, 0.15) is 5.76 Å². The van der Waals surface area contributed by atoms with E-state index in [9.17, 15) is 31.1 Å². The number of hydrogen-bond acceptors (Lipinski definition) is 4. The number of carbonyl (C=O) groups excluding carboxylic acids is 1. The molecule has 0 saturated heterocycles. The maximum Gasteiger partial charge on any atom is 0.439 e. The van der Waals surface area contributed by atoms with Gasteiger partial charge in [0.2, 0.25) is 0 Å². The minimum absolute atomic E-state index is 0.0353. The van der Waals surface area contributed by atoms with E-state index in [1.54, 1.807) is 0 Å². The van der Waals surface area contributed by atoms with Crippen LogP contribution in [0.5, 0.6) is 0 Å². The van der Waals surface area contributed by atoms with E-state index < -0.39 is 35.3 Å². The number of aryl methyl sites for hydroxylation is 1. The molecular formula is C14H10ClF6N3O2. The zero-order chi connectivity index (χ0) is 19.8. The summed E-state index contributed by atoms with van der Waals surface area (Å²) in [7, 11) is 0. The lowest BCUT2D eigenvalue weighted by Crippen LogP contribution is -2.72. The van der Waals surface area contributed by atoms with Crippen LogP contribution in [0.25, 0.3) is 0 Å². The number of nitrogens with one attached hydrogen (secondary N) is 2. The first-order valence-electron chi connectivity index (χ1n) is 6.79. The Kier molecular flexibility index (Phi) is 5.13. The predicted molar refractivity (Wildman–Crippen MR) is 78.6 cm³/mol. The van der Waals surface area contributed by atoms with Gasteiger partial charge in [-0.05, 0) is 25.1 Å². The Bertz CT molecular complexity index is 788. The Morgan fingerprint density at radius 3 is 2.19 bits per heavy atom. The third kappa shape index (κ3) is 3.87. The van der Waals surface area contributed by atoms with E-state index in [-0.39, 0.29) is 10.8 Å². The number of alkyl halides is 6. The molecule has 0 bridgehead atoms. The Hall–Kier alpha value is -2.43. The standard InChI is InChI=1S/C14H10ClF6N3O2/c1-7-5-10(24-26-7)22-12(13(16,17)18,14(19,20)21)23-11(25)8-3-2-4-9(15)6-8/h2-6H,1H3,(H,22,24)(H,23,25). The first-order valence-corrected chi connectivity index (χ1v) is 7.16. The van der Waals surface area contributed by atoms with Gasteiger partial charge in [-0.25, -0.2) is 0 Å². The highest BCUT2D eigenvalue weighted by Crippen LogP contribution is 2.43. The molecule has 1 amide bonds. The van der Waals surface area contributed by atoms with Crippen LogP contribution in [0.2, 0.25) is 5.02 Å². The molecule has 1 aromatic carbocycles. The third-order valence-corrected chi connectivity index (χ3v) is 3.42. The molecule has 5 nitrogen and oxygen atoms in total. The van der Waals surface area contributed by atoms with Crippen molar-refractivity contribution in [2.45, 2.75) is 24.9 Å². The maximum atomic E-state index is 13.4. The summed E-state index contributed by atoms with van der Waals surface area (Å²) in [5, 5.41) is 5.18. The van der Waals surface area contributed by atoms with Gasteiger partial charge >= 0.3 is 18.0 Å². The molecule has 142 valence electrons. The first-order chi connectivity index (χ1) is 11.9. The third-order valence-electron chi connectivity index (χ3n) is 3.18. The molecule has 2 rings (SSSR count). The van der Waals surface area contributed by atoms with Crippen LogP contribution in [0.4, 0.5) is 32.2 Å². The van der Waals surface area contributed by atoms with Gasteiger partial charge in [0.05, 0.1) is 0 Å². The molecule has 0 saturated carbocycles. The highest BCUT2D eigenvalue weighted by molar-refractivity contribution is 6.30. The molecule has 26 heavy (non-hydrogen) atoms. The number of halogens is 7. The van der Waals surface area contributed by atoms with E-state index in [1.807, 2.05) is 0 Å². The second-order valence-electron chi connectivity index (χ2n) is 5.16. The lowest BCUT2D eigenvalue weighted by molar-refractivity contribution is -0.294. The second-order valence-corrected chi connectivity index (χ2v) is 5.59. The van der Waals surface area contributed by atoms with E-state index in [2.05, 4.69) is 9.68 Å². The monoisotopic (exact) mass is 401 g/mol. The molecule has 0 aliphatic carbocycles. The van der Waals surface area contributed by atoms with Crippen LogP contribution in [0.3, 0.4) is 0 Å². The van der Waals surface area contributed by atoms with Crippen LogP contribution in [-0.4, -0.2) is 29.1 Å². The number of amides is 1. The van der Waals surface area contributed by atoms with Crippen LogP contribution in [0.15, 0.2) is 34.9 Å². The van der Waals surface area contributed by atoms with E-state index in [1.165, 1.54) is 24.4 Å². The van der Waals surface area contributed by atoms with Gasteiger partial charge in [-0.3, -0.25) is 4.79 Å². The van der Waals surface area contributed by atoms with Gasteiger partial charge in [0.25, 0.3) is 5.91 Å². The van der Waals surface area contributed by atoms with Crippen molar-refractivity contribution in [2.75, 3.05) is 5.32 Å². The summed E-state index contributed by atoms with van der Waals surface area (Å²) in [6, 6.07) is 5.26. The molecule has 0 atom stereocenters. The predicted octanol–water partition coefficient (Wildman–Crippen LogP) is 4.30. The zero-order valence-electron chi connectivity index (χ0n) is 12.8. The molecule has 0 aliphatic heterocycles. The number of hydrogen-bond donors (Lipinski definition) is 2. The number of aromatic nitrogens is 1. The molecule has 1 heterocycles.